The van der Waals surface area contributed by atoms with E-state index in [4.69, 9.17) is 5.11 Å². The van der Waals surface area contributed by atoms with Crippen LogP contribution < -0.4 is 0 Å². The topological polar surface area (TPSA) is 68.0 Å². The Hall–Kier alpha value is -1.21. The molecule has 0 aliphatic carbocycles. The highest BCUT2D eigenvalue weighted by Crippen LogP contribution is 2.28. The number of nitrogens with zero attached hydrogens (tertiary/aromatic N) is 3. The highest BCUT2D eigenvalue weighted by atomic mass is 79.9. The van der Waals surface area contributed by atoms with Gasteiger partial charge in [0, 0.05) is 8.95 Å². The second-order valence-corrected chi connectivity index (χ2v) is 6.06. The van der Waals surface area contributed by atoms with Crippen molar-refractivity contribution in [3.05, 3.63) is 38.5 Å². The number of benzene rings is 1. The first-order valence-corrected chi connectivity index (χ1v) is 7.14. The lowest BCUT2D eigenvalue weighted by Crippen LogP contribution is -2.09. The van der Waals surface area contributed by atoms with E-state index in [1.165, 1.54) is 0 Å². The molecule has 1 aromatic heterocycles. The standard InChI is InChI=1S/C12H11Br2N3O2/c1-6(2)11-10(12(18)19)15-16-17(11)9-5-7(13)3-4-8(9)14/h3-6H,1-2H3,(H,18,19). The number of carboxylic acid groups (broad SMARTS) is 1. The Labute approximate surface area is 126 Å². The average molecular weight is 389 g/mol. The van der Waals surface area contributed by atoms with Crippen LogP contribution in [0.5, 0.6) is 0 Å². The molecule has 19 heavy (non-hydrogen) atoms. The van der Waals surface area contributed by atoms with Crippen LogP contribution in [0, 0.1) is 0 Å². The zero-order chi connectivity index (χ0) is 14.2. The van der Waals surface area contributed by atoms with Crippen molar-refractivity contribution in [1.29, 1.82) is 0 Å². The Morgan fingerprint density at radius 3 is 2.63 bits per heavy atom. The fourth-order valence-electron chi connectivity index (χ4n) is 1.79. The lowest BCUT2D eigenvalue weighted by atomic mass is 10.1. The smallest absolute Gasteiger partial charge is 0.358 e. The second-order valence-electron chi connectivity index (χ2n) is 4.29. The molecule has 0 amide bonds. The van der Waals surface area contributed by atoms with Crippen molar-refractivity contribution in [2.24, 2.45) is 0 Å². The van der Waals surface area contributed by atoms with Crippen LogP contribution >= 0.6 is 31.9 Å². The van der Waals surface area contributed by atoms with Crippen LogP contribution in [0.15, 0.2) is 27.1 Å². The summed E-state index contributed by atoms with van der Waals surface area (Å²) in [5.41, 5.74) is 1.31. The molecule has 0 bridgehead atoms. The number of aromatic carboxylic acids is 1. The molecule has 100 valence electrons. The molecule has 5 nitrogen and oxygen atoms in total. The summed E-state index contributed by atoms with van der Waals surface area (Å²) < 4.78 is 3.26. The van der Waals surface area contributed by atoms with Crippen molar-refractivity contribution in [3.8, 4) is 5.69 Å². The van der Waals surface area contributed by atoms with E-state index in [-0.39, 0.29) is 11.6 Å². The number of aromatic nitrogens is 3. The van der Waals surface area contributed by atoms with Gasteiger partial charge < -0.3 is 5.11 Å². The lowest BCUT2D eigenvalue weighted by Gasteiger charge is -2.11. The zero-order valence-electron chi connectivity index (χ0n) is 10.3. The summed E-state index contributed by atoms with van der Waals surface area (Å²) in [7, 11) is 0. The summed E-state index contributed by atoms with van der Waals surface area (Å²) in [4.78, 5) is 11.2. The van der Waals surface area contributed by atoms with Gasteiger partial charge in [-0.1, -0.05) is 35.0 Å². The van der Waals surface area contributed by atoms with E-state index in [0.29, 0.717) is 5.69 Å². The predicted molar refractivity (Wildman–Crippen MR) is 77.8 cm³/mol. The third-order valence-corrected chi connectivity index (χ3v) is 3.75. The molecule has 0 spiro atoms. The summed E-state index contributed by atoms with van der Waals surface area (Å²) in [5, 5.41) is 16.9. The van der Waals surface area contributed by atoms with E-state index in [1.54, 1.807) is 4.68 Å². The fourth-order valence-corrected chi connectivity index (χ4v) is 2.55. The number of halogens is 2. The van der Waals surface area contributed by atoms with E-state index in [2.05, 4.69) is 42.2 Å². The number of carboxylic acids is 1. The third kappa shape index (κ3) is 2.71. The van der Waals surface area contributed by atoms with Crippen molar-refractivity contribution in [2.45, 2.75) is 19.8 Å². The van der Waals surface area contributed by atoms with E-state index >= 15 is 0 Å². The normalized spacial score (nSPS) is 11.0. The highest BCUT2D eigenvalue weighted by molar-refractivity contribution is 9.11. The van der Waals surface area contributed by atoms with Gasteiger partial charge in [0.25, 0.3) is 0 Å². The number of hydrogen-bond acceptors (Lipinski definition) is 3. The maximum Gasteiger partial charge on any atom is 0.358 e. The largest absolute Gasteiger partial charge is 0.476 e. The van der Waals surface area contributed by atoms with Gasteiger partial charge in [-0.25, -0.2) is 9.48 Å². The number of hydrogen-bond donors (Lipinski definition) is 1. The molecule has 1 aromatic carbocycles. The van der Waals surface area contributed by atoms with E-state index in [0.717, 1.165) is 14.6 Å². The molecule has 2 aromatic rings. The predicted octanol–water partition coefficient (Wildman–Crippen LogP) is 3.61. The van der Waals surface area contributed by atoms with Gasteiger partial charge in [0.05, 0.1) is 11.4 Å². The van der Waals surface area contributed by atoms with Crippen LogP contribution in [-0.4, -0.2) is 26.1 Å². The van der Waals surface area contributed by atoms with Gasteiger partial charge in [-0.15, -0.1) is 5.10 Å². The van der Waals surface area contributed by atoms with Gasteiger partial charge in [-0.2, -0.15) is 0 Å². The number of rotatable bonds is 3. The van der Waals surface area contributed by atoms with Gasteiger partial charge >= 0.3 is 5.97 Å². The van der Waals surface area contributed by atoms with Gasteiger partial charge in [-0.3, -0.25) is 0 Å². The molecule has 0 saturated heterocycles. The van der Waals surface area contributed by atoms with Crippen molar-refractivity contribution in [2.75, 3.05) is 0 Å². The SMILES string of the molecule is CC(C)c1c(C(=O)O)nnn1-c1cc(Br)ccc1Br. The lowest BCUT2D eigenvalue weighted by molar-refractivity contribution is 0.0688. The number of carbonyl (C=O) groups is 1. The van der Waals surface area contributed by atoms with E-state index in [9.17, 15) is 4.79 Å². The third-order valence-electron chi connectivity index (χ3n) is 2.59. The van der Waals surface area contributed by atoms with Crippen molar-refractivity contribution in [3.63, 3.8) is 0 Å². The Balaban J connectivity index is 2.69. The average Bonchev–Trinajstić information content (AvgIpc) is 2.76. The fraction of sp³-hybridized carbons (Fsp3) is 0.250. The van der Waals surface area contributed by atoms with Crippen molar-refractivity contribution < 1.29 is 9.90 Å². The molecule has 0 aliphatic rings. The van der Waals surface area contributed by atoms with Gasteiger partial charge in [0.2, 0.25) is 0 Å². The van der Waals surface area contributed by atoms with Crippen LogP contribution in [0.3, 0.4) is 0 Å². The Kier molecular flexibility index (Phi) is 4.05. The van der Waals surface area contributed by atoms with Crippen LogP contribution in [0.1, 0.15) is 35.9 Å². The molecule has 0 radical (unpaired) electrons. The van der Waals surface area contributed by atoms with Crippen molar-refractivity contribution >= 4 is 37.8 Å². The minimum atomic E-state index is -1.07. The molecular weight excluding hydrogens is 378 g/mol. The van der Waals surface area contributed by atoms with Crippen LogP contribution in [-0.2, 0) is 0 Å². The molecule has 0 saturated carbocycles. The first-order chi connectivity index (χ1) is 8.91. The Bertz CT molecular complexity index is 638. The quantitative estimate of drug-likeness (QED) is 0.871. The summed E-state index contributed by atoms with van der Waals surface area (Å²) >= 11 is 6.83. The molecule has 0 unspecified atom stereocenters. The van der Waals surface area contributed by atoms with Crippen LogP contribution in [0.4, 0.5) is 0 Å². The zero-order valence-corrected chi connectivity index (χ0v) is 13.4. The van der Waals surface area contributed by atoms with Gasteiger partial charge in [0.1, 0.15) is 0 Å². The van der Waals surface area contributed by atoms with Gasteiger partial charge in [-0.05, 0) is 40.0 Å². The van der Waals surface area contributed by atoms with Gasteiger partial charge in [0.15, 0.2) is 5.69 Å². The van der Waals surface area contributed by atoms with E-state index in [1.807, 2.05) is 32.0 Å². The second kappa shape index (κ2) is 5.42. The Morgan fingerprint density at radius 2 is 2.05 bits per heavy atom. The summed E-state index contributed by atoms with van der Waals surface area (Å²) in [6.45, 7) is 3.82. The van der Waals surface area contributed by atoms with Crippen molar-refractivity contribution in [1.82, 2.24) is 15.0 Å². The molecule has 1 heterocycles. The van der Waals surface area contributed by atoms with E-state index < -0.39 is 5.97 Å². The molecular formula is C12H11Br2N3O2. The molecule has 2 rings (SSSR count). The molecule has 0 atom stereocenters. The summed E-state index contributed by atoms with van der Waals surface area (Å²) in [6.07, 6.45) is 0. The maximum atomic E-state index is 11.2. The molecule has 0 aliphatic heterocycles. The molecule has 1 N–H and O–H groups in total. The highest BCUT2D eigenvalue weighted by Gasteiger charge is 2.23. The monoisotopic (exact) mass is 387 g/mol. The first kappa shape index (κ1) is 14.2. The molecule has 7 heteroatoms. The Morgan fingerprint density at radius 1 is 1.37 bits per heavy atom. The first-order valence-electron chi connectivity index (χ1n) is 5.56. The minimum Gasteiger partial charge on any atom is -0.476 e. The molecule has 0 fully saturated rings. The van der Waals surface area contributed by atoms with Crippen LogP contribution in [0.25, 0.3) is 5.69 Å². The summed E-state index contributed by atoms with van der Waals surface area (Å²) in [6, 6.07) is 5.61. The maximum absolute atomic E-state index is 11.2. The summed E-state index contributed by atoms with van der Waals surface area (Å²) in [5.74, 6) is -1.08. The van der Waals surface area contributed by atoms with Crippen LogP contribution in [0.2, 0.25) is 0 Å². The minimum absolute atomic E-state index is 0.00742.